The molecule has 1 aromatic carbocycles. The minimum atomic E-state index is -0.218. The van der Waals surface area contributed by atoms with Crippen LogP contribution in [0.15, 0.2) is 58.5 Å². The van der Waals surface area contributed by atoms with Gasteiger partial charge in [0.05, 0.1) is 29.0 Å². The number of fused-ring (bicyclic) bond motifs is 2. The molecule has 5 nitrogen and oxygen atoms in total. The zero-order valence-corrected chi connectivity index (χ0v) is 17.9. The van der Waals surface area contributed by atoms with Gasteiger partial charge in [0.1, 0.15) is 0 Å². The number of aromatic nitrogens is 3. The number of benzene rings is 1. The van der Waals surface area contributed by atoms with Gasteiger partial charge in [-0.25, -0.2) is 9.97 Å². The SMILES string of the molecule is C=C(C)CSc1nc2nc3c(cc2c(=O)n1-c1ccccc1)CO[C@@](C)(CC)C3. The Morgan fingerprint density at radius 3 is 2.76 bits per heavy atom. The second-order valence-electron chi connectivity index (χ2n) is 7.85. The summed E-state index contributed by atoms with van der Waals surface area (Å²) in [7, 11) is 0. The zero-order chi connectivity index (χ0) is 20.6. The summed E-state index contributed by atoms with van der Waals surface area (Å²) < 4.78 is 7.72. The number of pyridine rings is 1. The fourth-order valence-electron chi connectivity index (χ4n) is 3.42. The fourth-order valence-corrected chi connectivity index (χ4v) is 4.27. The normalized spacial score (nSPS) is 18.6. The Bertz CT molecular complexity index is 1140. The second-order valence-corrected chi connectivity index (χ2v) is 8.79. The van der Waals surface area contributed by atoms with E-state index < -0.39 is 0 Å². The summed E-state index contributed by atoms with van der Waals surface area (Å²) in [5.41, 5.74) is 3.96. The number of ether oxygens (including phenoxy) is 1. The van der Waals surface area contributed by atoms with Gasteiger partial charge >= 0.3 is 0 Å². The first kappa shape index (κ1) is 19.9. The maximum absolute atomic E-state index is 13.5. The number of nitrogens with zero attached hydrogens (tertiary/aromatic N) is 3. The molecule has 29 heavy (non-hydrogen) atoms. The van der Waals surface area contributed by atoms with E-state index in [1.807, 2.05) is 43.3 Å². The van der Waals surface area contributed by atoms with Crippen LogP contribution >= 0.6 is 11.8 Å². The average molecular weight is 408 g/mol. The van der Waals surface area contributed by atoms with Crippen LogP contribution < -0.4 is 5.56 Å². The fraction of sp³-hybridized carbons (Fsp3) is 0.348. The molecule has 2 aromatic heterocycles. The molecule has 1 atom stereocenters. The maximum atomic E-state index is 13.5. The zero-order valence-electron chi connectivity index (χ0n) is 17.1. The molecule has 150 valence electrons. The molecule has 0 spiro atoms. The predicted molar refractivity (Wildman–Crippen MR) is 118 cm³/mol. The number of hydrogen-bond donors (Lipinski definition) is 0. The first-order valence-corrected chi connectivity index (χ1v) is 10.8. The van der Waals surface area contributed by atoms with Crippen molar-refractivity contribution in [2.75, 3.05) is 5.75 Å². The highest BCUT2D eigenvalue weighted by Crippen LogP contribution is 2.31. The van der Waals surface area contributed by atoms with Gasteiger partial charge in [0.2, 0.25) is 0 Å². The van der Waals surface area contributed by atoms with Gasteiger partial charge in [-0.1, -0.05) is 49.0 Å². The van der Waals surface area contributed by atoms with Crippen molar-refractivity contribution >= 4 is 22.8 Å². The molecular formula is C23H25N3O2S. The van der Waals surface area contributed by atoms with Crippen LogP contribution in [0.4, 0.5) is 0 Å². The highest BCUT2D eigenvalue weighted by molar-refractivity contribution is 7.99. The molecular weight excluding hydrogens is 382 g/mol. The van der Waals surface area contributed by atoms with Gasteiger partial charge in [-0.3, -0.25) is 9.36 Å². The molecule has 3 heterocycles. The van der Waals surface area contributed by atoms with Gasteiger partial charge in [-0.2, -0.15) is 0 Å². The first-order valence-electron chi connectivity index (χ1n) is 9.82. The van der Waals surface area contributed by atoms with E-state index in [1.54, 1.807) is 4.57 Å². The minimum Gasteiger partial charge on any atom is -0.370 e. The van der Waals surface area contributed by atoms with Crippen molar-refractivity contribution in [2.24, 2.45) is 0 Å². The summed E-state index contributed by atoms with van der Waals surface area (Å²) >= 11 is 1.51. The lowest BCUT2D eigenvalue weighted by Gasteiger charge is -2.33. The van der Waals surface area contributed by atoms with E-state index in [0.29, 0.717) is 28.5 Å². The molecule has 0 aliphatic carbocycles. The van der Waals surface area contributed by atoms with Gasteiger partial charge in [-0.15, -0.1) is 0 Å². The molecule has 0 radical (unpaired) electrons. The Morgan fingerprint density at radius 2 is 2.07 bits per heavy atom. The molecule has 0 fully saturated rings. The predicted octanol–water partition coefficient (Wildman–Crippen LogP) is 4.69. The van der Waals surface area contributed by atoms with Crippen LogP contribution in [0.1, 0.15) is 38.4 Å². The lowest BCUT2D eigenvalue weighted by atomic mass is 9.91. The third kappa shape index (κ3) is 3.87. The topological polar surface area (TPSA) is 57.0 Å². The minimum absolute atomic E-state index is 0.107. The van der Waals surface area contributed by atoms with E-state index in [4.69, 9.17) is 14.7 Å². The smallest absolute Gasteiger partial charge is 0.268 e. The Morgan fingerprint density at radius 1 is 1.31 bits per heavy atom. The van der Waals surface area contributed by atoms with Crippen LogP contribution in [0.5, 0.6) is 0 Å². The van der Waals surface area contributed by atoms with Crippen LogP contribution in [0, 0.1) is 0 Å². The van der Waals surface area contributed by atoms with Crippen molar-refractivity contribution in [1.29, 1.82) is 0 Å². The van der Waals surface area contributed by atoms with Gasteiger partial charge in [-0.05, 0) is 38.5 Å². The van der Waals surface area contributed by atoms with Crippen LogP contribution in [0.2, 0.25) is 0 Å². The molecule has 0 saturated heterocycles. The second kappa shape index (κ2) is 7.76. The highest BCUT2D eigenvalue weighted by atomic mass is 32.2. The largest absolute Gasteiger partial charge is 0.370 e. The lowest BCUT2D eigenvalue weighted by molar-refractivity contribution is -0.0573. The number of thioether (sulfide) groups is 1. The first-order chi connectivity index (χ1) is 13.9. The summed E-state index contributed by atoms with van der Waals surface area (Å²) in [5.74, 6) is 0.692. The lowest BCUT2D eigenvalue weighted by Crippen LogP contribution is -2.35. The number of rotatable bonds is 5. The third-order valence-corrected chi connectivity index (χ3v) is 6.49. The Balaban J connectivity index is 1.91. The van der Waals surface area contributed by atoms with E-state index >= 15 is 0 Å². The van der Waals surface area contributed by atoms with Crippen LogP contribution in [-0.2, 0) is 17.8 Å². The monoisotopic (exact) mass is 407 g/mol. The van der Waals surface area contributed by atoms with E-state index in [9.17, 15) is 4.79 Å². The molecule has 4 rings (SSSR count). The van der Waals surface area contributed by atoms with Gasteiger partial charge in [0, 0.05) is 17.7 Å². The van der Waals surface area contributed by atoms with E-state index in [0.717, 1.165) is 35.4 Å². The summed E-state index contributed by atoms with van der Waals surface area (Å²) in [6.07, 6.45) is 1.64. The molecule has 3 aromatic rings. The maximum Gasteiger partial charge on any atom is 0.268 e. The number of para-hydroxylation sites is 1. The van der Waals surface area contributed by atoms with Crippen LogP contribution in [0.3, 0.4) is 0 Å². The van der Waals surface area contributed by atoms with Crippen molar-refractivity contribution in [3.63, 3.8) is 0 Å². The van der Waals surface area contributed by atoms with Crippen molar-refractivity contribution in [2.45, 2.75) is 51.0 Å². The summed E-state index contributed by atoms with van der Waals surface area (Å²) in [6, 6.07) is 11.5. The summed E-state index contributed by atoms with van der Waals surface area (Å²) in [5, 5.41) is 1.16. The van der Waals surface area contributed by atoms with Gasteiger partial charge in [0.25, 0.3) is 5.56 Å². The number of hydrogen-bond acceptors (Lipinski definition) is 5. The molecule has 1 aliphatic rings. The standard InChI is InChI=1S/C23H25N3O2S/c1-5-23(4)12-19-16(13-28-23)11-18-20(24-19)25-22(29-14-15(2)3)26(21(18)27)17-9-7-6-8-10-17/h6-11H,2,5,12-14H2,1,3-4H3/t23-/m0/s1. The molecule has 0 saturated carbocycles. The average Bonchev–Trinajstić information content (AvgIpc) is 2.72. The van der Waals surface area contributed by atoms with Crippen LogP contribution in [0.25, 0.3) is 16.7 Å². The Hall–Kier alpha value is -2.44. The van der Waals surface area contributed by atoms with Crippen molar-refractivity contribution in [3.05, 3.63) is 70.2 Å². The molecule has 0 unspecified atom stereocenters. The summed E-state index contributed by atoms with van der Waals surface area (Å²) in [6.45, 7) is 10.6. The van der Waals surface area contributed by atoms with E-state index in [-0.39, 0.29) is 11.2 Å². The molecule has 0 N–H and O–H groups in total. The third-order valence-electron chi connectivity index (χ3n) is 5.32. The van der Waals surface area contributed by atoms with E-state index in [2.05, 4.69) is 20.4 Å². The van der Waals surface area contributed by atoms with E-state index in [1.165, 1.54) is 11.8 Å². The Labute approximate surface area is 174 Å². The quantitative estimate of drug-likeness (QED) is 0.349. The van der Waals surface area contributed by atoms with Crippen molar-refractivity contribution in [3.8, 4) is 5.69 Å². The Kier molecular flexibility index (Phi) is 5.32. The van der Waals surface area contributed by atoms with Crippen molar-refractivity contribution < 1.29 is 4.74 Å². The van der Waals surface area contributed by atoms with Crippen molar-refractivity contribution in [1.82, 2.24) is 14.5 Å². The van der Waals surface area contributed by atoms with Crippen LogP contribution in [-0.4, -0.2) is 25.9 Å². The molecule has 0 amide bonds. The van der Waals surface area contributed by atoms with Gasteiger partial charge in [0.15, 0.2) is 10.8 Å². The highest BCUT2D eigenvalue weighted by Gasteiger charge is 2.31. The molecule has 0 bridgehead atoms. The van der Waals surface area contributed by atoms with Gasteiger partial charge < -0.3 is 4.74 Å². The molecule has 6 heteroatoms. The summed E-state index contributed by atoms with van der Waals surface area (Å²) in [4.78, 5) is 23.1. The molecule has 1 aliphatic heterocycles.